The van der Waals surface area contributed by atoms with Gasteiger partial charge in [0.1, 0.15) is 11.5 Å². The fourth-order valence-electron chi connectivity index (χ4n) is 2.20. The van der Waals surface area contributed by atoms with E-state index in [-0.39, 0.29) is 5.91 Å². The second-order valence-corrected chi connectivity index (χ2v) is 6.17. The molecular formula is C19H15BrN2O. The Morgan fingerprint density at radius 1 is 1.09 bits per heavy atom. The number of hydrogen-bond acceptors (Lipinski definition) is 2. The average Bonchev–Trinajstić information content (AvgIpc) is 2.90. The molecule has 2 aromatic carbocycles. The summed E-state index contributed by atoms with van der Waals surface area (Å²) in [5.41, 5.74) is 3.51. The van der Waals surface area contributed by atoms with Gasteiger partial charge in [0, 0.05) is 10.0 Å². The Morgan fingerprint density at radius 3 is 2.48 bits per heavy atom. The van der Waals surface area contributed by atoms with Crippen molar-refractivity contribution in [1.29, 1.82) is 0 Å². The molecule has 3 rings (SSSR count). The van der Waals surface area contributed by atoms with Gasteiger partial charge in [0.05, 0.1) is 0 Å². The molecule has 1 aliphatic heterocycles. The summed E-state index contributed by atoms with van der Waals surface area (Å²) >= 11 is 3.47. The third kappa shape index (κ3) is 3.85. The molecule has 0 aromatic heterocycles. The zero-order chi connectivity index (χ0) is 16.2. The Hall–Kier alpha value is -2.46. The van der Waals surface area contributed by atoms with Crippen LogP contribution in [0, 0.1) is 6.92 Å². The van der Waals surface area contributed by atoms with E-state index in [4.69, 9.17) is 0 Å². The zero-order valence-corrected chi connectivity index (χ0v) is 14.2. The van der Waals surface area contributed by atoms with Crippen molar-refractivity contribution in [3.8, 4) is 0 Å². The van der Waals surface area contributed by atoms with Crippen molar-refractivity contribution in [3.63, 3.8) is 0 Å². The van der Waals surface area contributed by atoms with E-state index in [0.717, 1.165) is 15.6 Å². The minimum absolute atomic E-state index is 0.195. The highest BCUT2D eigenvalue weighted by Crippen LogP contribution is 2.19. The summed E-state index contributed by atoms with van der Waals surface area (Å²) in [4.78, 5) is 16.5. The predicted molar refractivity (Wildman–Crippen MR) is 97.3 cm³/mol. The lowest BCUT2D eigenvalue weighted by molar-refractivity contribution is -0.115. The smallest absolute Gasteiger partial charge is 0.275 e. The highest BCUT2D eigenvalue weighted by atomic mass is 79.9. The normalized spacial score (nSPS) is 16.4. The molecule has 0 saturated heterocycles. The molecule has 4 heteroatoms. The standard InChI is InChI=1S/C19H15BrN2O/c1-13-7-9-15(10-8-13)18-21-17(19(23)22-18)12-16(20)11-14-5-3-2-4-6-14/h2-12H,1H3,(H,21,22,23)/b16-11-,17-12?. The SMILES string of the molecule is Cc1ccc(C2=NC(=C/C(Br)=C/c3ccccc3)C(=O)N2)cc1. The summed E-state index contributed by atoms with van der Waals surface area (Å²) in [7, 11) is 0. The quantitative estimate of drug-likeness (QED) is 0.812. The molecule has 0 fully saturated rings. The number of nitrogens with one attached hydrogen (secondary N) is 1. The molecule has 0 unspecified atom stereocenters. The summed E-state index contributed by atoms with van der Waals surface area (Å²) < 4.78 is 0.794. The van der Waals surface area contributed by atoms with E-state index in [1.807, 2.05) is 67.6 Å². The first kappa shape index (κ1) is 15.4. The van der Waals surface area contributed by atoms with Gasteiger partial charge in [-0.3, -0.25) is 4.79 Å². The van der Waals surface area contributed by atoms with Crippen LogP contribution in [-0.4, -0.2) is 11.7 Å². The first-order chi connectivity index (χ1) is 11.1. The molecule has 1 amide bonds. The Bertz CT molecular complexity index is 818. The Morgan fingerprint density at radius 2 is 1.78 bits per heavy atom. The summed E-state index contributed by atoms with van der Waals surface area (Å²) in [5.74, 6) is 0.389. The van der Waals surface area contributed by atoms with Gasteiger partial charge in [-0.05, 0) is 24.6 Å². The van der Waals surface area contributed by atoms with Gasteiger partial charge in [0.25, 0.3) is 5.91 Å². The molecule has 0 aliphatic carbocycles. The fourth-order valence-corrected chi connectivity index (χ4v) is 2.68. The number of carbonyl (C=O) groups is 1. The highest BCUT2D eigenvalue weighted by molar-refractivity contribution is 9.12. The zero-order valence-electron chi connectivity index (χ0n) is 12.6. The number of nitrogens with zero attached hydrogens (tertiary/aromatic N) is 1. The van der Waals surface area contributed by atoms with Crippen LogP contribution in [0.4, 0.5) is 0 Å². The maximum Gasteiger partial charge on any atom is 0.275 e. The number of aryl methyl sites for hydroxylation is 1. The number of hydrogen-bond donors (Lipinski definition) is 1. The lowest BCUT2D eigenvalue weighted by Crippen LogP contribution is -2.24. The Kier molecular flexibility index (Phi) is 4.53. The molecule has 0 atom stereocenters. The lowest BCUT2D eigenvalue weighted by atomic mass is 10.1. The van der Waals surface area contributed by atoms with Crippen molar-refractivity contribution in [1.82, 2.24) is 5.32 Å². The van der Waals surface area contributed by atoms with Gasteiger partial charge >= 0.3 is 0 Å². The summed E-state index contributed by atoms with van der Waals surface area (Å²) in [6.07, 6.45) is 3.67. The molecule has 3 nitrogen and oxygen atoms in total. The van der Waals surface area contributed by atoms with Gasteiger partial charge in [-0.15, -0.1) is 0 Å². The van der Waals surface area contributed by atoms with Crippen LogP contribution >= 0.6 is 15.9 Å². The monoisotopic (exact) mass is 366 g/mol. The van der Waals surface area contributed by atoms with E-state index in [9.17, 15) is 4.79 Å². The second-order valence-electron chi connectivity index (χ2n) is 5.25. The molecular weight excluding hydrogens is 352 g/mol. The number of rotatable bonds is 3. The van der Waals surface area contributed by atoms with Crippen LogP contribution < -0.4 is 5.32 Å². The molecule has 1 heterocycles. The van der Waals surface area contributed by atoms with E-state index < -0.39 is 0 Å². The first-order valence-electron chi connectivity index (χ1n) is 7.23. The topological polar surface area (TPSA) is 41.5 Å². The minimum atomic E-state index is -0.195. The van der Waals surface area contributed by atoms with Crippen molar-refractivity contribution >= 4 is 33.7 Å². The number of allylic oxidation sites excluding steroid dienone is 2. The van der Waals surface area contributed by atoms with Crippen LogP contribution in [-0.2, 0) is 4.79 Å². The van der Waals surface area contributed by atoms with Gasteiger partial charge in [0.15, 0.2) is 0 Å². The largest absolute Gasteiger partial charge is 0.305 e. The van der Waals surface area contributed by atoms with Gasteiger partial charge < -0.3 is 5.32 Å². The second kappa shape index (κ2) is 6.75. The van der Waals surface area contributed by atoms with Crippen molar-refractivity contribution in [2.24, 2.45) is 4.99 Å². The molecule has 114 valence electrons. The number of amidine groups is 1. The molecule has 1 N–H and O–H groups in total. The van der Waals surface area contributed by atoms with Crippen LogP contribution in [0.1, 0.15) is 16.7 Å². The molecule has 0 saturated carbocycles. The van der Waals surface area contributed by atoms with E-state index in [1.54, 1.807) is 6.08 Å². The summed E-state index contributed by atoms with van der Waals surface area (Å²) in [5, 5.41) is 2.80. The van der Waals surface area contributed by atoms with E-state index >= 15 is 0 Å². The highest BCUT2D eigenvalue weighted by Gasteiger charge is 2.20. The number of halogens is 1. The molecule has 2 aromatic rings. The van der Waals surface area contributed by atoms with Crippen LogP contribution in [0.25, 0.3) is 6.08 Å². The van der Waals surface area contributed by atoms with Crippen molar-refractivity contribution in [2.45, 2.75) is 6.92 Å². The Balaban J connectivity index is 1.86. The fraction of sp³-hybridized carbons (Fsp3) is 0.0526. The van der Waals surface area contributed by atoms with Gasteiger partial charge in [-0.2, -0.15) is 0 Å². The van der Waals surface area contributed by atoms with Crippen LogP contribution in [0.3, 0.4) is 0 Å². The number of benzene rings is 2. The van der Waals surface area contributed by atoms with E-state index in [1.165, 1.54) is 5.56 Å². The molecule has 0 radical (unpaired) electrons. The van der Waals surface area contributed by atoms with Crippen LogP contribution in [0.2, 0.25) is 0 Å². The third-order valence-corrected chi connectivity index (χ3v) is 3.86. The maximum absolute atomic E-state index is 12.1. The van der Waals surface area contributed by atoms with Crippen molar-refractivity contribution in [3.05, 3.63) is 87.5 Å². The summed E-state index contributed by atoms with van der Waals surface area (Å²) in [6, 6.07) is 17.8. The lowest BCUT2D eigenvalue weighted by Gasteiger charge is -2.00. The van der Waals surface area contributed by atoms with Gasteiger partial charge in [-0.1, -0.05) is 76.1 Å². The average molecular weight is 367 g/mol. The molecule has 0 bridgehead atoms. The van der Waals surface area contributed by atoms with Crippen LogP contribution in [0.5, 0.6) is 0 Å². The molecule has 0 spiro atoms. The van der Waals surface area contributed by atoms with Crippen molar-refractivity contribution in [2.75, 3.05) is 0 Å². The number of carbonyl (C=O) groups excluding carboxylic acids is 1. The maximum atomic E-state index is 12.1. The van der Waals surface area contributed by atoms with Gasteiger partial charge in [0.2, 0.25) is 0 Å². The predicted octanol–water partition coefficient (Wildman–Crippen LogP) is 4.19. The van der Waals surface area contributed by atoms with Crippen LogP contribution in [0.15, 0.2) is 75.8 Å². The van der Waals surface area contributed by atoms with E-state index in [0.29, 0.717) is 11.5 Å². The number of aliphatic imine (C=N–C) groups is 1. The summed E-state index contributed by atoms with van der Waals surface area (Å²) in [6.45, 7) is 2.02. The third-order valence-electron chi connectivity index (χ3n) is 3.40. The Labute approximate surface area is 143 Å². The van der Waals surface area contributed by atoms with Crippen molar-refractivity contribution < 1.29 is 4.79 Å². The van der Waals surface area contributed by atoms with E-state index in [2.05, 4.69) is 26.2 Å². The number of amides is 1. The first-order valence-corrected chi connectivity index (χ1v) is 8.02. The molecule has 23 heavy (non-hydrogen) atoms. The minimum Gasteiger partial charge on any atom is -0.305 e. The molecule has 1 aliphatic rings. The van der Waals surface area contributed by atoms with Gasteiger partial charge in [-0.25, -0.2) is 4.99 Å².